The molecule has 16 heavy (non-hydrogen) atoms. The van der Waals surface area contributed by atoms with Crippen LogP contribution < -0.4 is 10.6 Å². The van der Waals surface area contributed by atoms with Crippen LogP contribution in [0, 0.1) is 0 Å². The number of hydrogen-bond donors (Lipinski definition) is 2. The van der Waals surface area contributed by atoms with E-state index in [0.717, 1.165) is 23.7 Å². The van der Waals surface area contributed by atoms with E-state index in [9.17, 15) is 0 Å². The molecule has 0 unspecified atom stereocenters. The van der Waals surface area contributed by atoms with Gasteiger partial charge < -0.3 is 10.6 Å². The van der Waals surface area contributed by atoms with Crippen molar-refractivity contribution in [2.45, 2.75) is 18.9 Å². The number of nitrogens with zero attached hydrogens (tertiary/aromatic N) is 1. The Balaban J connectivity index is 1.78. The van der Waals surface area contributed by atoms with Gasteiger partial charge in [-0.2, -0.15) is 0 Å². The Morgan fingerprint density at radius 1 is 1.38 bits per heavy atom. The summed E-state index contributed by atoms with van der Waals surface area (Å²) in [7, 11) is 0. The quantitative estimate of drug-likeness (QED) is 0.836. The second kappa shape index (κ2) is 4.39. The van der Waals surface area contributed by atoms with Crippen LogP contribution >= 0.6 is 11.3 Å². The maximum absolute atomic E-state index is 4.59. The van der Waals surface area contributed by atoms with Crippen molar-refractivity contribution >= 4 is 26.7 Å². The first-order chi connectivity index (χ1) is 7.92. The first kappa shape index (κ1) is 10.1. The van der Waals surface area contributed by atoms with Crippen LogP contribution in [-0.2, 0) is 0 Å². The van der Waals surface area contributed by atoms with E-state index in [1.807, 2.05) is 6.07 Å². The summed E-state index contributed by atoms with van der Waals surface area (Å²) in [6.45, 7) is 2.20. The average molecular weight is 233 g/mol. The highest BCUT2D eigenvalue weighted by atomic mass is 32.1. The minimum absolute atomic E-state index is 0.536. The fourth-order valence-corrected chi connectivity index (χ4v) is 3.03. The Labute approximate surface area is 98.9 Å². The van der Waals surface area contributed by atoms with Gasteiger partial charge in [0, 0.05) is 12.6 Å². The number of hydrogen-bond acceptors (Lipinski definition) is 4. The van der Waals surface area contributed by atoms with Gasteiger partial charge in [-0.3, -0.25) is 0 Å². The molecule has 0 bridgehead atoms. The minimum atomic E-state index is 0.536. The number of para-hydroxylation sites is 1. The fraction of sp³-hybridized carbons (Fsp3) is 0.417. The molecule has 2 aromatic rings. The molecule has 1 aliphatic rings. The normalized spacial score (nSPS) is 21.1. The van der Waals surface area contributed by atoms with Crippen LogP contribution in [0.3, 0.4) is 0 Å². The van der Waals surface area contributed by atoms with Gasteiger partial charge in [0.05, 0.1) is 10.2 Å². The highest BCUT2D eigenvalue weighted by Gasteiger charge is 2.14. The minimum Gasteiger partial charge on any atom is -0.357 e. The lowest BCUT2D eigenvalue weighted by molar-refractivity contribution is 0.480. The van der Waals surface area contributed by atoms with Crippen molar-refractivity contribution in [1.29, 1.82) is 0 Å². The van der Waals surface area contributed by atoms with Crippen LogP contribution in [0.25, 0.3) is 10.2 Å². The molecule has 0 spiro atoms. The van der Waals surface area contributed by atoms with Crippen molar-refractivity contribution in [1.82, 2.24) is 10.3 Å². The maximum atomic E-state index is 4.59. The number of piperidine rings is 1. The molecule has 0 radical (unpaired) electrons. The Morgan fingerprint density at radius 3 is 3.12 bits per heavy atom. The molecule has 2 heterocycles. The summed E-state index contributed by atoms with van der Waals surface area (Å²) in [5.41, 5.74) is 1.10. The number of thiazole rings is 1. The molecule has 0 aliphatic carbocycles. The number of anilines is 1. The molecule has 1 aromatic carbocycles. The van der Waals surface area contributed by atoms with Gasteiger partial charge in [0.2, 0.25) is 0 Å². The third kappa shape index (κ3) is 2.03. The van der Waals surface area contributed by atoms with Crippen LogP contribution in [0.1, 0.15) is 12.8 Å². The molecule has 2 N–H and O–H groups in total. The Hall–Kier alpha value is -1.13. The van der Waals surface area contributed by atoms with Gasteiger partial charge in [-0.15, -0.1) is 0 Å². The van der Waals surface area contributed by atoms with E-state index in [1.165, 1.54) is 17.5 Å². The number of fused-ring (bicyclic) bond motifs is 1. The van der Waals surface area contributed by atoms with E-state index in [4.69, 9.17) is 0 Å². The van der Waals surface area contributed by atoms with Gasteiger partial charge in [0.15, 0.2) is 5.13 Å². The van der Waals surface area contributed by atoms with Crippen LogP contribution in [0.15, 0.2) is 24.3 Å². The zero-order valence-electron chi connectivity index (χ0n) is 9.07. The molecule has 0 saturated carbocycles. The van der Waals surface area contributed by atoms with E-state index < -0.39 is 0 Å². The smallest absolute Gasteiger partial charge is 0.184 e. The van der Waals surface area contributed by atoms with E-state index in [0.29, 0.717) is 6.04 Å². The van der Waals surface area contributed by atoms with Gasteiger partial charge >= 0.3 is 0 Å². The summed E-state index contributed by atoms with van der Waals surface area (Å²) < 4.78 is 1.26. The Bertz CT molecular complexity index is 441. The Kier molecular flexibility index (Phi) is 2.76. The second-order valence-electron chi connectivity index (χ2n) is 4.17. The van der Waals surface area contributed by atoms with Crippen molar-refractivity contribution in [3.8, 4) is 0 Å². The first-order valence-corrected chi connectivity index (χ1v) is 6.56. The highest BCUT2D eigenvalue weighted by Crippen LogP contribution is 2.26. The van der Waals surface area contributed by atoms with Crippen molar-refractivity contribution in [2.24, 2.45) is 0 Å². The summed E-state index contributed by atoms with van der Waals surface area (Å²) in [6.07, 6.45) is 2.49. The predicted octanol–water partition coefficient (Wildman–Crippen LogP) is 2.46. The summed E-state index contributed by atoms with van der Waals surface area (Å²) in [4.78, 5) is 4.59. The number of benzene rings is 1. The molecular weight excluding hydrogens is 218 g/mol. The van der Waals surface area contributed by atoms with Crippen LogP contribution in [0.2, 0.25) is 0 Å². The molecular formula is C12H15N3S. The number of nitrogens with one attached hydrogen (secondary N) is 2. The zero-order chi connectivity index (χ0) is 10.8. The van der Waals surface area contributed by atoms with Gasteiger partial charge in [0.1, 0.15) is 0 Å². The topological polar surface area (TPSA) is 37.0 Å². The molecule has 1 atom stereocenters. The second-order valence-corrected chi connectivity index (χ2v) is 5.21. The summed E-state index contributed by atoms with van der Waals surface area (Å²) in [5, 5.41) is 7.97. The largest absolute Gasteiger partial charge is 0.357 e. The Morgan fingerprint density at radius 2 is 2.31 bits per heavy atom. The molecule has 1 aromatic heterocycles. The first-order valence-electron chi connectivity index (χ1n) is 5.75. The molecule has 1 saturated heterocycles. The van der Waals surface area contributed by atoms with Crippen molar-refractivity contribution in [2.75, 3.05) is 18.4 Å². The monoisotopic (exact) mass is 233 g/mol. The SMILES string of the molecule is c1ccc2sc(N[C@@H]3CCCNC3)nc2c1. The third-order valence-electron chi connectivity index (χ3n) is 2.92. The zero-order valence-corrected chi connectivity index (χ0v) is 9.89. The van der Waals surface area contributed by atoms with Crippen molar-refractivity contribution in [3.63, 3.8) is 0 Å². The van der Waals surface area contributed by atoms with Gasteiger partial charge in [-0.1, -0.05) is 23.5 Å². The summed E-state index contributed by atoms with van der Waals surface area (Å²) in [5.74, 6) is 0. The lowest BCUT2D eigenvalue weighted by Gasteiger charge is -2.23. The van der Waals surface area contributed by atoms with E-state index >= 15 is 0 Å². The molecule has 0 amide bonds. The molecule has 3 nitrogen and oxygen atoms in total. The predicted molar refractivity (Wildman–Crippen MR) is 69.1 cm³/mol. The average Bonchev–Trinajstić information content (AvgIpc) is 2.72. The summed E-state index contributed by atoms with van der Waals surface area (Å²) >= 11 is 1.74. The van der Waals surface area contributed by atoms with Crippen LogP contribution in [-0.4, -0.2) is 24.1 Å². The molecule has 1 aliphatic heterocycles. The molecule has 84 valence electrons. The molecule has 3 rings (SSSR count). The third-order valence-corrected chi connectivity index (χ3v) is 3.89. The number of rotatable bonds is 2. The fourth-order valence-electron chi connectivity index (χ4n) is 2.08. The van der Waals surface area contributed by atoms with E-state index in [2.05, 4.69) is 33.8 Å². The molecule has 1 fully saturated rings. The van der Waals surface area contributed by atoms with E-state index in [-0.39, 0.29) is 0 Å². The van der Waals surface area contributed by atoms with Gasteiger partial charge in [-0.25, -0.2) is 4.98 Å². The van der Waals surface area contributed by atoms with Crippen LogP contribution in [0.5, 0.6) is 0 Å². The van der Waals surface area contributed by atoms with Gasteiger partial charge in [0.25, 0.3) is 0 Å². The lowest BCUT2D eigenvalue weighted by atomic mass is 10.1. The van der Waals surface area contributed by atoms with Gasteiger partial charge in [-0.05, 0) is 31.5 Å². The highest BCUT2D eigenvalue weighted by molar-refractivity contribution is 7.22. The lowest BCUT2D eigenvalue weighted by Crippen LogP contribution is -2.38. The van der Waals surface area contributed by atoms with Crippen molar-refractivity contribution in [3.05, 3.63) is 24.3 Å². The van der Waals surface area contributed by atoms with E-state index in [1.54, 1.807) is 11.3 Å². The summed E-state index contributed by atoms with van der Waals surface area (Å²) in [6, 6.07) is 8.82. The molecule has 4 heteroatoms. The van der Waals surface area contributed by atoms with Crippen molar-refractivity contribution < 1.29 is 0 Å². The number of aromatic nitrogens is 1. The van der Waals surface area contributed by atoms with Crippen LogP contribution in [0.4, 0.5) is 5.13 Å². The maximum Gasteiger partial charge on any atom is 0.184 e. The standard InChI is InChI=1S/C12H15N3S/c1-2-6-11-10(5-1)15-12(16-11)14-9-4-3-7-13-8-9/h1-2,5-6,9,13H,3-4,7-8H2,(H,14,15)/t9-/m1/s1.